The van der Waals surface area contributed by atoms with Crippen LogP contribution in [0, 0.1) is 16.0 Å². The minimum atomic E-state index is -0.298. The van der Waals surface area contributed by atoms with Crippen molar-refractivity contribution >= 4 is 17.3 Å². The summed E-state index contributed by atoms with van der Waals surface area (Å²) in [6.45, 7) is 2.08. The van der Waals surface area contributed by atoms with Gasteiger partial charge < -0.3 is 10.2 Å². The zero-order chi connectivity index (χ0) is 23.0. The smallest absolute Gasteiger partial charge is 0.272 e. The van der Waals surface area contributed by atoms with Gasteiger partial charge in [0, 0.05) is 42.9 Å². The maximum atomic E-state index is 12.6. The highest BCUT2D eigenvalue weighted by Crippen LogP contribution is 2.29. The molecule has 0 bridgehead atoms. The van der Waals surface area contributed by atoms with Crippen LogP contribution in [-0.2, 0) is 24.2 Å². The average molecular weight is 444 g/mol. The van der Waals surface area contributed by atoms with Crippen LogP contribution in [0.4, 0.5) is 11.4 Å². The maximum absolute atomic E-state index is 12.6. The average Bonchev–Trinajstić information content (AvgIpc) is 2.87. The van der Waals surface area contributed by atoms with Gasteiger partial charge in [-0.3, -0.25) is 14.9 Å². The Morgan fingerprint density at radius 1 is 0.909 bits per heavy atom. The van der Waals surface area contributed by atoms with Gasteiger partial charge in [0.1, 0.15) is 0 Å². The first kappa shape index (κ1) is 22.5. The van der Waals surface area contributed by atoms with Gasteiger partial charge in [0.25, 0.3) is 5.69 Å². The quantitative estimate of drug-likeness (QED) is 0.396. The Labute approximate surface area is 194 Å². The number of carbonyl (C=O) groups is 1. The Kier molecular flexibility index (Phi) is 7.35. The van der Waals surface area contributed by atoms with Crippen molar-refractivity contribution in [3.05, 3.63) is 106 Å². The fourth-order valence-electron chi connectivity index (χ4n) is 4.40. The van der Waals surface area contributed by atoms with E-state index in [2.05, 4.69) is 10.2 Å². The number of nitrogens with one attached hydrogen (secondary N) is 1. The number of carbonyl (C=O) groups excluding carboxylic acids is 1. The van der Waals surface area contributed by atoms with Gasteiger partial charge in [-0.1, -0.05) is 60.7 Å². The number of piperidine rings is 1. The highest BCUT2D eigenvalue weighted by Gasteiger charge is 2.26. The van der Waals surface area contributed by atoms with Gasteiger partial charge in [-0.15, -0.1) is 0 Å². The maximum Gasteiger partial charge on any atom is 0.272 e. The van der Waals surface area contributed by atoms with Gasteiger partial charge in [0.2, 0.25) is 5.91 Å². The number of anilines is 1. The molecule has 0 radical (unpaired) electrons. The number of aryl methyl sites for hydroxylation is 2. The predicted molar refractivity (Wildman–Crippen MR) is 130 cm³/mol. The van der Waals surface area contributed by atoms with E-state index in [9.17, 15) is 14.9 Å². The molecule has 0 aromatic heterocycles. The number of hydrogen-bond acceptors (Lipinski definition) is 4. The lowest BCUT2D eigenvalue weighted by Crippen LogP contribution is -2.40. The predicted octanol–water partition coefficient (Wildman–Crippen LogP) is 4.91. The molecule has 1 fully saturated rings. The van der Waals surface area contributed by atoms with Crippen LogP contribution < -0.4 is 10.2 Å². The molecule has 6 nitrogen and oxygen atoms in total. The first-order chi connectivity index (χ1) is 16.1. The molecule has 0 saturated carbocycles. The van der Waals surface area contributed by atoms with Crippen molar-refractivity contribution < 1.29 is 9.72 Å². The molecule has 1 saturated heterocycles. The Balaban J connectivity index is 1.36. The van der Waals surface area contributed by atoms with Crippen LogP contribution in [0.3, 0.4) is 0 Å². The minimum absolute atomic E-state index is 0.000520. The summed E-state index contributed by atoms with van der Waals surface area (Å²) in [5.74, 6) is 0.103. The van der Waals surface area contributed by atoms with Crippen LogP contribution in [0.15, 0.2) is 78.9 Å². The SMILES string of the molecule is O=C(NCc1ccccc1)C1CCN(c2ccc([N+](=O)[O-])c(CCc3ccccc3)c2)CC1. The molecule has 3 aromatic rings. The zero-order valence-electron chi connectivity index (χ0n) is 18.7. The summed E-state index contributed by atoms with van der Waals surface area (Å²) in [5, 5.41) is 14.6. The molecule has 1 aliphatic heterocycles. The Bertz CT molecular complexity index is 1080. The van der Waals surface area contributed by atoms with E-state index in [1.165, 1.54) is 5.56 Å². The van der Waals surface area contributed by atoms with E-state index in [0.717, 1.165) is 49.2 Å². The van der Waals surface area contributed by atoms with Crippen molar-refractivity contribution in [2.45, 2.75) is 32.2 Å². The highest BCUT2D eigenvalue weighted by molar-refractivity contribution is 5.79. The molecule has 1 N–H and O–H groups in total. The second kappa shape index (κ2) is 10.8. The third-order valence-corrected chi connectivity index (χ3v) is 6.33. The number of nitro benzene ring substituents is 1. The molecule has 33 heavy (non-hydrogen) atoms. The standard InChI is InChI=1S/C27H29N3O3/c31-27(28-20-22-9-5-2-6-10-22)23-15-17-29(18-16-23)25-13-14-26(30(32)33)24(19-25)12-11-21-7-3-1-4-8-21/h1-10,13-14,19,23H,11-12,15-18,20H2,(H,28,31). The molecule has 1 aliphatic rings. The summed E-state index contributed by atoms with van der Waals surface area (Å²) in [5.41, 5.74) is 4.18. The zero-order valence-corrected chi connectivity index (χ0v) is 18.7. The topological polar surface area (TPSA) is 75.5 Å². The lowest BCUT2D eigenvalue weighted by Gasteiger charge is -2.33. The molecule has 0 aliphatic carbocycles. The van der Waals surface area contributed by atoms with Gasteiger partial charge in [0.05, 0.1) is 4.92 Å². The fraction of sp³-hybridized carbons (Fsp3) is 0.296. The highest BCUT2D eigenvalue weighted by atomic mass is 16.6. The van der Waals surface area contributed by atoms with E-state index in [4.69, 9.17) is 0 Å². The summed E-state index contributed by atoms with van der Waals surface area (Å²) in [6.07, 6.45) is 2.93. The summed E-state index contributed by atoms with van der Waals surface area (Å²) < 4.78 is 0. The first-order valence-corrected chi connectivity index (χ1v) is 11.5. The van der Waals surface area contributed by atoms with Crippen molar-refractivity contribution in [1.82, 2.24) is 5.32 Å². The largest absolute Gasteiger partial charge is 0.371 e. The molecule has 0 atom stereocenters. The molecular weight excluding hydrogens is 414 g/mol. The van der Waals surface area contributed by atoms with Crippen LogP contribution in [0.2, 0.25) is 0 Å². The number of benzene rings is 3. The normalized spacial score (nSPS) is 14.1. The first-order valence-electron chi connectivity index (χ1n) is 11.5. The molecule has 3 aromatic carbocycles. The number of nitro groups is 1. The van der Waals surface area contributed by atoms with Crippen molar-refractivity contribution in [2.24, 2.45) is 5.92 Å². The summed E-state index contributed by atoms with van der Waals surface area (Å²) in [4.78, 5) is 26.1. The van der Waals surface area contributed by atoms with E-state index in [1.54, 1.807) is 6.07 Å². The van der Waals surface area contributed by atoms with E-state index in [1.807, 2.05) is 72.8 Å². The lowest BCUT2D eigenvalue weighted by molar-refractivity contribution is -0.385. The van der Waals surface area contributed by atoms with Gasteiger partial charge in [-0.05, 0) is 48.9 Å². The summed E-state index contributed by atoms with van der Waals surface area (Å²) in [6, 6.07) is 25.4. The van der Waals surface area contributed by atoms with Crippen LogP contribution in [0.5, 0.6) is 0 Å². The third kappa shape index (κ3) is 5.98. The van der Waals surface area contributed by atoms with Crippen LogP contribution >= 0.6 is 0 Å². The van der Waals surface area contributed by atoms with Crippen molar-refractivity contribution in [3.63, 3.8) is 0 Å². The van der Waals surface area contributed by atoms with E-state index >= 15 is 0 Å². The van der Waals surface area contributed by atoms with Gasteiger partial charge in [-0.25, -0.2) is 0 Å². The molecule has 170 valence electrons. The number of rotatable bonds is 8. The third-order valence-electron chi connectivity index (χ3n) is 6.33. The van der Waals surface area contributed by atoms with Crippen molar-refractivity contribution in [1.29, 1.82) is 0 Å². The van der Waals surface area contributed by atoms with Crippen LogP contribution in [-0.4, -0.2) is 23.9 Å². The fourth-order valence-corrected chi connectivity index (χ4v) is 4.40. The van der Waals surface area contributed by atoms with Crippen molar-refractivity contribution in [2.75, 3.05) is 18.0 Å². The van der Waals surface area contributed by atoms with E-state index < -0.39 is 0 Å². The Morgan fingerprint density at radius 2 is 1.55 bits per heavy atom. The monoisotopic (exact) mass is 443 g/mol. The van der Waals surface area contributed by atoms with E-state index in [-0.39, 0.29) is 22.4 Å². The molecule has 6 heteroatoms. The van der Waals surface area contributed by atoms with Gasteiger partial charge in [-0.2, -0.15) is 0 Å². The molecule has 1 heterocycles. The minimum Gasteiger partial charge on any atom is -0.371 e. The van der Waals surface area contributed by atoms with Crippen molar-refractivity contribution in [3.8, 4) is 0 Å². The Hall–Kier alpha value is -3.67. The molecule has 0 spiro atoms. The molecule has 4 rings (SSSR count). The number of amides is 1. The van der Waals surface area contributed by atoms with Crippen LogP contribution in [0.25, 0.3) is 0 Å². The van der Waals surface area contributed by atoms with E-state index in [0.29, 0.717) is 13.0 Å². The Morgan fingerprint density at radius 3 is 2.18 bits per heavy atom. The number of hydrogen-bond donors (Lipinski definition) is 1. The summed E-state index contributed by atoms with van der Waals surface area (Å²) in [7, 11) is 0. The molecule has 1 amide bonds. The summed E-state index contributed by atoms with van der Waals surface area (Å²) >= 11 is 0. The van der Waals surface area contributed by atoms with Gasteiger partial charge in [0.15, 0.2) is 0 Å². The molecule has 0 unspecified atom stereocenters. The molecular formula is C27H29N3O3. The lowest BCUT2D eigenvalue weighted by atomic mass is 9.95. The van der Waals surface area contributed by atoms with Crippen LogP contribution in [0.1, 0.15) is 29.5 Å². The number of nitrogens with zero attached hydrogens (tertiary/aromatic N) is 2. The van der Waals surface area contributed by atoms with Gasteiger partial charge >= 0.3 is 0 Å². The second-order valence-corrected chi connectivity index (χ2v) is 8.52. The second-order valence-electron chi connectivity index (χ2n) is 8.52.